The zero-order valence-electron chi connectivity index (χ0n) is 16.5. The second-order valence-electron chi connectivity index (χ2n) is 6.66. The number of hydrogen-bond donors (Lipinski definition) is 1. The standard InChI is InChI=1S/C23H14Cl4N2O3/c1-31-21-13(8-14(24)9-17(21)26)4-7-20(30)28-16-5-2-12(3-6-16)23-29-19-11-15(25)10-18(27)22(19)32-23/h2-11H,1H3,(H,28,30). The van der Waals surface area contributed by atoms with Gasteiger partial charge in [0.05, 0.1) is 17.2 Å². The molecule has 1 aromatic heterocycles. The maximum Gasteiger partial charge on any atom is 0.248 e. The number of anilines is 1. The van der Waals surface area contributed by atoms with E-state index in [1.807, 2.05) is 0 Å². The molecule has 32 heavy (non-hydrogen) atoms. The highest BCUT2D eigenvalue weighted by Crippen LogP contribution is 2.34. The van der Waals surface area contributed by atoms with Crippen molar-refractivity contribution in [3.63, 3.8) is 0 Å². The first kappa shape index (κ1) is 22.5. The molecule has 4 aromatic rings. The number of amides is 1. The average molecular weight is 508 g/mol. The molecule has 0 saturated carbocycles. The minimum Gasteiger partial charge on any atom is -0.495 e. The van der Waals surface area contributed by atoms with Crippen molar-refractivity contribution in [3.05, 3.63) is 80.3 Å². The molecular formula is C23H14Cl4N2O3. The van der Waals surface area contributed by atoms with Gasteiger partial charge < -0.3 is 14.5 Å². The summed E-state index contributed by atoms with van der Waals surface area (Å²) < 4.78 is 11.0. The average Bonchev–Trinajstić information content (AvgIpc) is 3.17. The molecule has 0 bridgehead atoms. The SMILES string of the molecule is COc1c(Cl)cc(Cl)cc1C=CC(=O)Nc1ccc(-c2nc3cc(Cl)cc(Cl)c3o2)cc1. The Labute approximate surface area is 203 Å². The van der Waals surface area contributed by atoms with Crippen LogP contribution in [-0.2, 0) is 4.79 Å². The van der Waals surface area contributed by atoms with Gasteiger partial charge in [-0.15, -0.1) is 0 Å². The second kappa shape index (κ2) is 9.43. The maximum absolute atomic E-state index is 12.3. The van der Waals surface area contributed by atoms with E-state index in [9.17, 15) is 4.79 Å². The van der Waals surface area contributed by atoms with Crippen LogP contribution in [0.15, 0.2) is 59.0 Å². The summed E-state index contributed by atoms with van der Waals surface area (Å²) >= 11 is 24.3. The first-order valence-electron chi connectivity index (χ1n) is 9.22. The van der Waals surface area contributed by atoms with Crippen LogP contribution >= 0.6 is 46.4 Å². The van der Waals surface area contributed by atoms with Crippen molar-refractivity contribution in [2.45, 2.75) is 0 Å². The fourth-order valence-corrected chi connectivity index (χ4v) is 4.16. The summed E-state index contributed by atoms with van der Waals surface area (Å²) in [5.41, 5.74) is 2.93. The minimum absolute atomic E-state index is 0.334. The van der Waals surface area contributed by atoms with Gasteiger partial charge in [0, 0.05) is 32.9 Å². The third-order valence-electron chi connectivity index (χ3n) is 4.46. The van der Waals surface area contributed by atoms with Gasteiger partial charge >= 0.3 is 0 Å². The Bertz CT molecular complexity index is 1350. The second-order valence-corrected chi connectivity index (χ2v) is 8.35. The van der Waals surface area contributed by atoms with Gasteiger partial charge in [-0.2, -0.15) is 0 Å². The predicted octanol–water partition coefficient (Wildman–Crippen LogP) is 7.77. The van der Waals surface area contributed by atoms with Gasteiger partial charge in [-0.3, -0.25) is 4.79 Å². The van der Waals surface area contributed by atoms with E-state index >= 15 is 0 Å². The van der Waals surface area contributed by atoms with Crippen LogP contribution in [0.5, 0.6) is 5.75 Å². The Hall–Kier alpha value is -2.70. The summed E-state index contributed by atoms with van der Waals surface area (Å²) in [4.78, 5) is 16.8. The number of oxazole rings is 1. The molecule has 1 N–H and O–H groups in total. The highest BCUT2D eigenvalue weighted by atomic mass is 35.5. The van der Waals surface area contributed by atoms with Crippen LogP contribution in [-0.4, -0.2) is 18.0 Å². The fraction of sp³-hybridized carbons (Fsp3) is 0.0435. The molecule has 0 saturated heterocycles. The minimum atomic E-state index is -0.334. The summed E-state index contributed by atoms with van der Waals surface area (Å²) in [7, 11) is 1.49. The first-order chi connectivity index (χ1) is 15.3. The number of hydrogen-bond acceptors (Lipinski definition) is 4. The number of aromatic nitrogens is 1. The number of halogens is 4. The van der Waals surface area contributed by atoms with Crippen LogP contribution in [0.2, 0.25) is 20.1 Å². The molecule has 1 heterocycles. The highest BCUT2D eigenvalue weighted by Gasteiger charge is 2.13. The van der Waals surface area contributed by atoms with E-state index in [0.717, 1.165) is 5.56 Å². The van der Waals surface area contributed by atoms with Crippen molar-refractivity contribution in [1.82, 2.24) is 4.98 Å². The number of nitrogens with one attached hydrogen (secondary N) is 1. The van der Waals surface area contributed by atoms with E-state index in [4.69, 9.17) is 55.6 Å². The lowest BCUT2D eigenvalue weighted by atomic mass is 10.1. The molecule has 0 fully saturated rings. The Morgan fingerprint density at radius 3 is 2.41 bits per heavy atom. The van der Waals surface area contributed by atoms with E-state index in [1.165, 1.54) is 13.2 Å². The molecule has 4 rings (SSSR count). The molecule has 9 heteroatoms. The van der Waals surface area contributed by atoms with Crippen molar-refractivity contribution < 1.29 is 13.9 Å². The van der Waals surface area contributed by atoms with Gasteiger partial charge in [0.1, 0.15) is 11.3 Å². The van der Waals surface area contributed by atoms with Gasteiger partial charge in [-0.1, -0.05) is 46.4 Å². The summed E-state index contributed by atoms with van der Waals surface area (Å²) in [6.07, 6.45) is 2.94. The fourth-order valence-electron chi connectivity index (χ4n) is 3.05. The van der Waals surface area contributed by atoms with E-state index in [2.05, 4.69) is 10.3 Å². The number of rotatable bonds is 5. The summed E-state index contributed by atoms with van der Waals surface area (Å²) in [6, 6.07) is 13.5. The molecule has 3 aromatic carbocycles. The molecular weight excluding hydrogens is 494 g/mol. The number of fused-ring (bicyclic) bond motifs is 1. The number of carbonyl (C=O) groups is 1. The van der Waals surface area contributed by atoms with Crippen LogP contribution in [0.25, 0.3) is 28.6 Å². The molecule has 0 radical (unpaired) electrons. The Morgan fingerprint density at radius 2 is 1.69 bits per heavy atom. The molecule has 0 unspecified atom stereocenters. The topological polar surface area (TPSA) is 64.4 Å². The number of methoxy groups -OCH3 is 1. The molecule has 162 valence electrons. The number of benzene rings is 3. The highest BCUT2D eigenvalue weighted by molar-refractivity contribution is 6.38. The first-order valence-corrected chi connectivity index (χ1v) is 10.7. The van der Waals surface area contributed by atoms with Crippen molar-refractivity contribution >= 4 is 75.2 Å². The zero-order chi connectivity index (χ0) is 22.8. The van der Waals surface area contributed by atoms with Crippen LogP contribution in [0.1, 0.15) is 5.56 Å². The lowest BCUT2D eigenvalue weighted by Gasteiger charge is -2.08. The van der Waals surface area contributed by atoms with Crippen LogP contribution < -0.4 is 10.1 Å². The number of carbonyl (C=O) groups excluding carboxylic acids is 1. The van der Waals surface area contributed by atoms with Crippen LogP contribution in [0.4, 0.5) is 5.69 Å². The summed E-state index contributed by atoms with van der Waals surface area (Å²) in [5.74, 6) is 0.496. The third-order valence-corrected chi connectivity index (χ3v) is 5.46. The summed E-state index contributed by atoms with van der Waals surface area (Å²) in [6.45, 7) is 0. The van der Waals surface area contributed by atoms with E-state index in [1.54, 1.807) is 54.6 Å². The molecule has 0 aliphatic heterocycles. The van der Waals surface area contributed by atoms with Crippen LogP contribution in [0, 0.1) is 0 Å². The lowest BCUT2D eigenvalue weighted by Crippen LogP contribution is -2.07. The lowest BCUT2D eigenvalue weighted by molar-refractivity contribution is -0.111. The monoisotopic (exact) mass is 506 g/mol. The van der Waals surface area contributed by atoms with Crippen LogP contribution in [0.3, 0.4) is 0 Å². The van der Waals surface area contributed by atoms with Gasteiger partial charge in [0.25, 0.3) is 0 Å². The van der Waals surface area contributed by atoms with E-state index in [0.29, 0.717) is 54.1 Å². The third kappa shape index (κ3) is 4.87. The Balaban J connectivity index is 1.49. The molecule has 5 nitrogen and oxygen atoms in total. The smallest absolute Gasteiger partial charge is 0.248 e. The quantitative estimate of drug-likeness (QED) is 0.280. The van der Waals surface area contributed by atoms with Crippen molar-refractivity contribution in [2.24, 2.45) is 0 Å². The largest absolute Gasteiger partial charge is 0.495 e. The molecule has 0 aliphatic rings. The maximum atomic E-state index is 12.3. The van der Waals surface area contributed by atoms with Crippen molar-refractivity contribution in [2.75, 3.05) is 12.4 Å². The molecule has 1 amide bonds. The normalized spacial score (nSPS) is 11.3. The molecule has 0 atom stereocenters. The molecule has 0 spiro atoms. The van der Waals surface area contributed by atoms with Crippen molar-refractivity contribution in [3.8, 4) is 17.2 Å². The van der Waals surface area contributed by atoms with E-state index in [-0.39, 0.29) is 5.91 Å². The Morgan fingerprint density at radius 1 is 1.00 bits per heavy atom. The number of ether oxygens (including phenoxy) is 1. The summed E-state index contributed by atoms with van der Waals surface area (Å²) in [5, 5.41) is 4.44. The number of nitrogens with zero attached hydrogens (tertiary/aromatic N) is 1. The van der Waals surface area contributed by atoms with Gasteiger partial charge in [0.15, 0.2) is 5.58 Å². The predicted molar refractivity (Wildman–Crippen MR) is 130 cm³/mol. The Kier molecular flexibility index (Phi) is 6.63. The zero-order valence-corrected chi connectivity index (χ0v) is 19.5. The van der Waals surface area contributed by atoms with Crippen molar-refractivity contribution in [1.29, 1.82) is 0 Å². The molecule has 0 aliphatic carbocycles. The van der Waals surface area contributed by atoms with Gasteiger partial charge in [-0.25, -0.2) is 4.98 Å². The van der Waals surface area contributed by atoms with Gasteiger partial charge in [0.2, 0.25) is 11.8 Å². The van der Waals surface area contributed by atoms with E-state index < -0.39 is 0 Å². The van der Waals surface area contributed by atoms with Gasteiger partial charge in [-0.05, 0) is 54.6 Å².